The number of nitrogens with one attached hydrogen (secondary N) is 2. The van der Waals surface area contributed by atoms with Crippen molar-refractivity contribution in [2.45, 2.75) is 36.8 Å². The number of nitrogens with zero attached hydrogens (tertiary/aromatic N) is 1. The molecule has 3 atom stereocenters. The number of hydrogen-bond acceptors (Lipinski definition) is 6. The number of carbonyl (C=O) groups excluding carboxylic acids is 2. The van der Waals surface area contributed by atoms with Gasteiger partial charge in [0.05, 0.1) is 17.5 Å². The Morgan fingerprint density at radius 2 is 1.55 bits per heavy atom. The number of aromatic nitrogens is 1. The van der Waals surface area contributed by atoms with Crippen molar-refractivity contribution >= 4 is 51.7 Å². The lowest BCUT2D eigenvalue weighted by Gasteiger charge is -2.24. The molecule has 3 N–H and O–H groups in total. The Hall–Kier alpha value is -4.21. The first kappa shape index (κ1) is 29.3. The molecule has 3 aromatic carbocycles. The van der Waals surface area contributed by atoms with E-state index >= 15 is 0 Å². The van der Waals surface area contributed by atoms with Gasteiger partial charge in [0, 0.05) is 21.0 Å². The molecule has 1 heterocycles. The van der Waals surface area contributed by atoms with E-state index in [4.69, 9.17) is 4.98 Å². The zero-order valence-electron chi connectivity index (χ0n) is 23.2. The summed E-state index contributed by atoms with van der Waals surface area (Å²) in [5.74, 6) is -2.80. The van der Waals surface area contributed by atoms with Gasteiger partial charge in [-0.15, -0.1) is 23.1 Å². The summed E-state index contributed by atoms with van der Waals surface area (Å²) in [7, 11) is 0. The number of carboxylic acid groups (broad SMARTS) is 1. The van der Waals surface area contributed by atoms with Crippen LogP contribution in [0.5, 0.6) is 0 Å². The highest BCUT2D eigenvalue weighted by molar-refractivity contribution is 8.00. The van der Waals surface area contributed by atoms with E-state index < -0.39 is 23.1 Å². The minimum atomic E-state index is -0.962. The van der Waals surface area contributed by atoms with Crippen molar-refractivity contribution in [3.63, 3.8) is 0 Å². The molecule has 7 nitrogen and oxygen atoms in total. The van der Waals surface area contributed by atoms with Gasteiger partial charge in [0.25, 0.3) is 0 Å². The third-order valence-electron chi connectivity index (χ3n) is 7.15. The summed E-state index contributed by atoms with van der Waals surface area (Å²) in [4.78, 5) is 44.7. The van der Waals surface area contributed by atoms with Crippen LogP contribution in [0.1, 0.15) is 34.1 Å². The second-order valence-corrected chi connectivity index (χ2v) is 12.6. The number of hydrogen-bond donors (Lipinski definition) is 3. The molecule has 0 radical (unpaired) electrons. The molecule has 0 aliphatic heterocycles. The van der Waals surface area contributed by atoms with Crippen LogP contribution in [0.25, 0.3) is 11.3 Å². The standard InChI is InChI=1S/C33H31N3O4S2/c1-20-12-14-22(15-13-20)28-21(2)41-33(35-28)36-31(38)29(23-8-4-3-5-9-23)42-25-18-16-24(17-19-25)34-30(37)26-10-6-7-11-27(26)32(39)40/h3-9,12-19,26-27,29H,10-11H2,1-2H3,(H,34,37)(H,39,40)(H,35,36,38). The van der Waals surface area contributed by atoms with E-state index in [-0.39, 0.29) is 11.8 Å². The van der Waals surface area contributed by atoms with Crippen molar-refractivity contribution in [3.05, 3.63) is 107 Å². The molecule has 3 unspecified atom stereocenters. The van der Waals surface area contributed by atoms with Gasteiger partial charge in [-0.1, -0.05) is 72.3 Å². The van der Waals surface area contributed by atoms with Gasteiger partial charge < -0.3 is 15.7 Å². The second-order valence-electron chi connectivity index (χ2n) is 10.2. The molecule has 0 saturated heterocycles. The zero-order chi connectivity index (χ0) is 29.6. The van der Waals surface area contributed by atoms with Gasteiger partial charge in [-0.25, -0.2) is 4.98 Å². The van der Waals surface area contributed by atoms with Gasteiger partial charge in [-0.05, 0) is 56.5 Å². The van der Waals surface area contributed by atoms with E-state index in [1.807, 2.05) is 92.7 Å². The zero-order valence-corrected chi connectivity index (χ0v) is 24.9. The number of allylic oxidation sites excluding steroid dienone is 2. The smallest absolute Gasteiger partial charge is 0.307 e. The first-order chi connectivity index (χ1) is 20.3. The lowest BCUT2D eigenvalue weighted by Crippen LogP contribution is -2.34. The fourth-order valence-corrected chi connectivity index (χ4v) is 6.73. The van der Waals surface area contributed by atoms with Gasteiger partial charge in [0.2, 0.25) is 11.8 Å². The van der Waals surface area contributed by atoms with Crippen LogP contribution in [0.3, 0.4) is 0 Å². The van der Waals surface area contributed by atoms with Gasteiger partial charge in [0.1, 0.15) is 5.25 Å². The molecule has 4 aromatic rings. The highest BCUT2D eigenvalue weighted by Gasteiger charge is 2.34. The van der Waals surface area contributed by atoms with Crippen LogP contribution in [0.4, 0.5) is 10.8 Å². The highest BCUT2D eigenvalue weighted by Crippen LogP contribution is 2.38. The Labute approximate surface area is 253 Å². The van der Waals surface area contributed by atoms with Crippen molar-refractivity contribution in [1.82, 2.24) is 4.98 Å². The lowest BCUT2D eigenvalue weighted by atomic mass is 9.82. The van der Waals surface area contributed by atoms with Gasteiger partial charge >= 0.3 is 5.97 Å². The molecule has 0 saturated carbocycles. The average Bonchev–Trinajstić information content (AvgIpc) is 3.36. The number of thiazole rings is 1. The summed E-state index contributed by atoms with van der Waals surface area (Å²) in [6.07, 6.45) is 4.41. The Morgan fingerprint density at radius 1 is 0.881 bits per heavy atom. The van der Waals surface area contributed by atoms with Crippen molar-refractivity contribution in [1.29, 1.82) is 0 Å². The fraction of sp³-hybridized carbons (Fsp3) is 0.212. The monoisotopic (exact) mass is 597 g/mol. The van der Waals surface area contributed by atoms with Crippen LogP contribution in [0, 0.1) is 25.7 Å². The summed E-state index contributed by atoms with van der Waals surface area (Å²) in [6.45, 7) is 4.04. The van der Waals surface area contributed by atoms with Crippen molar-refractivity contribution in [2.24, 2.45) is 11.8 Å². The molecule has 0 fully saturated rings. The molecule has 1 aromatic heterocycles. The SMILES string of the molecule is Cc1ccc(-c2nc(NC(=O)C(Sc3ccc(NC(=O)C4CC=CCC4C(=O)O)cc3)c3ccccc3)sc2C)cc1. The summed E-state index contributed by atoms with van der Waals surface area (Å²) in [6, 6.07) is 25.0. The number of carbonyl (C=O) groups is 3. The molecule has 42 heavy (non-hydrogen) atoms. The van der Waals surface area contributed by atoms with E-state index in [2.05, 4.69) is 10.6 Å². The van der Waals surface area contributed by atoms with Gasteiger partial charge in [-0.3, -0.25) is 14.4 Å². The number of benzene rings is 3. The Balaban J connectivity index is 1.29. The number of aryl methyl sites for hydroxylation is 2. The number of rotatable bonds is 9. The summed E-state index contributed by atoms with van der Waals surface area (Å²) < 4.78 is 0. The summed E-state index contributed by atoms with van der Waals surface area (Å²) in [5.41, 5.74) is 4.47. The predicted molar refractivity (Wildman–Crippen MR) is 169 cm³/mol. The highest BCUT2D eigenvalue weighted by atomic mass is 32.2. The normalized spacial score (nSPS) is 16.9. The molecular weight excluding hydrogens is 567 g/mol. The molecule has 0 bridgehead atoms. The third kappa shape index (κ3) is 6.98. The number of thioether (sulfide) groups is 1. The maximum Gasteiger partial charge on any atom is 0.307 e. The second kappa shape index (κ2) is 13.2. The van der Waals surface area contributed by atoms with Crippen molar-refractivity contribution in [2.75, 3.05) is 10.6 Å². The minimum Gasteiger partial charge on any atom is -0.481 e. The topological polar surface area (TPSA) is 108 Å². The van der Waals surface area contributed by atoms with Crippen LogP contribution in [0.2, 0.25) is 0 Å². The molecule has 0 spiro atoms. The first-order valence-corrected chi connectivity index (χ1v) is 15.3. The minimum absolute atomic E-state index is 0.183. The van der Waals surface area contributed by atoms with Crippen LogP contribution in [-0.2, 0) is 14.4 Å². The van der Waals surface area contributed by atoms with Crippen molar-refractivity contribution in [3.8, 4) is 11.3 Å². The van der Waals surface area contributed by atoms with Crippen LogP contribution in [-0.4, -0.2) is 27.9 Å². The maximum atomic E-state index is 13.6. The molecule has 1 aliphatic carbocycles. The molecule has 1 aliphatic rings. The van der Waals surface area contributed by atoms with Crippen LogP contribution < -0.4 is 10.6 Å². The molecule has 5 rings (SSSR count). The number of aliphatic carboxylic acids is 1. The predicted octanol–water partition coefficient (Wildman–Crippen LogP) is 7.50. The van der Waals surface area contributed by atoms with Crippen LogP contribution >= 0.6 is 23.1 Å². The van der Waals surface area contributed by atoms with Gasteiger partial charge in [0.15, 0.2) is 5.13 Å². The van der Waals surface area contributed by atoms with Gasteiger partial charge in [-0.2, -0.15) is 0 Å². The molecule has 9 heteroatoms. The quantitative estimate of drug-likeness (QED) is 0.136. The lowest BCUT2D eigenvalue weighted by molar-refractivity contribution is -0.146. The molecule has 214 valence electrons. The van der Waals surface area contributed by atoms with E-state index in [0.717, 1.165) is 26.6 Å². The third-order valence-corrected chi connectivity index (χ3v) is 9.31. The Morgan fingerprint density at radius 3 is 2.21 bits per heavy atom. The maximum absolute atomic E-state index is 13.6. The summed E-state index contributed by atoms with van der Waals surface area (Å²) >= 11 is 2.85. The molecule has 2 amide bonds. The number of carboxylic acids is 1. The average molecular weight is 598 g/mol. The van der Waals surface area contributed by atoms with Crippen LogP contribution in [0.15, 0.2) is 95.9 Å². The number of amides is 2. The van der Waals surface area contributed by atoms with E-state index in [1.165, 1.54) is 28.7 Å². The first-order valence-electron chi connectivity index (χ1n) is 13.6. The van der Waals surface area contributed by atoms with E-state index in [1.54, 1.807) is 12.1 Å². The van der Waals surface area contributed by atoms with E-state index in [0.29, 0.717) is 23.7 Å². The molecular formula is C33H31N3O4S2. The Kier molecular flexibility index (Phi) is 9.19. The Bertz CT molecular complexity index is 1600. The van der Waals surface area contributed by atoms with E-state index in [9.17, 15) is 19.5 Å². The number of anilines is 2. The largest absolute Gasteiger partial charge is 0.481 e. The fourth-order valence-electron chi connectivity index (χ4n) is 4.87. The summed E-state index contributed by atoms with van der Waals surface area (Å²) in [5, 5.41) is 15.4. The van der Waals surface area contributed by atoms with Crippen molar-refractivity contribution < 1.29 is 19.5 Å².